The fourth-order valence-corrected chi connectivity index (χ4v) is 2.69. The summed E-state index contributed by atoms with van der Waals surface area (Å²) < 4.78 is 1.09. The Balaban J connectivity index is 2.02. The zero-order chi connectivity index (χ0) is 12.3. The summed E-state index contributed by atoms with van der Waals surface area (Å²) in [5, 5.41) is 0. The van der Waals surface area contributed by atoms with Gasteiger partial charge in [-0.2, -0.15) is 0 Å². The molecule has 1 aliphatic heterocycles. The van der Waals surface area contributed by atoms with Crippen molar-refractivity contribution in [3.05, 3.63) is 33.4 Å². The number of piperidine rings is 1. The normalized spacial score (nSPS) is 17.2. The van der Waals surface area contributed by atoms with Crippen molar-refractivity contribution >= 4 is 28.5 Å². The van der Waals surface area contributed by atoms with Crippen molar-refractivity contribution in [1.82, 2.24) is 10.6 Å². The van der Waals surface area contributed by atoms with Crippen LogP contribution in [0.2, 0.25) is 0 Å². The van der Waals surface area contributed by atoms with Crippen LogP contribution in [0.5, 0.6) is 0 Å². The van der Waals surface area contributed by atoms with Gasteiger partial charge in [-0.15, -0.1) is 0 Å². The summed E-state index contributed by atoms with van der Waals surface area (Å²) in [5.74, 6) is 0.613. The summed E-state index contributed by atoms with van der Waals surface area (Å²) in [5.41, 5.74) is 8.14. The van der Waals surface area contributed by atoms with Gasteiger partial charge in [0.15, 0.2) is 0 Å². The highest BCUT2D eigenvalue weighted by molar-refractivity contribution is 14.1. The van der Waals surface area contributed by atoms with Gasteiger partial charge in [-0.3, -0.25) is 10.5 Å². The minimum atomic E-state index is 0.131. The molecule has 3 nitrogen and oxygen atoms in total. The van der Waals surface area contributed by atoms with Crippen LogP contribution in [-0.4, -0.2) is 30.4 Å². The molecule has 1 radical (unpaired) electrons. The lowest BCUT2D eigenvalue weighted by Crippen LogP contribution is -2.39. The van der Waals surface area contributed by atoms with E-state index in [0.717, 1.165) is 35.1 Å². The second kappa shape index (κ2) is 5.82. The van der Waals surface area contributed by atoms with Crippen molar-refractivity contribution < 1.29 is 4.79 Å². The fourth-order valence-electron chi connectivity index (χ4n) is 2.14. The molecule has 1 aromatic rings. The van der Waals surface area contributed by atoms with E-state index in [-0.39, 0.29) is 5.91 Å². The molecule has 2 rings (SSSR count). The molecule has 0 unspecified atom stereocenters. The van der Waals surface area contributed by atoms with E-state index in [1.807, 2.05) is 29.2 Å². The van der Waals surface area contributed by atoms with Crippen molar-refractivity contribution in [3.8, 4) is 0 Å². The van der Waals surface area contributed by atoms with Gasteiger partial charge in [-0.1, -0.05) is 6.07 Å². The average Bonchev–Trinajstić information content (AvgIpc) is 2.38. The standard InChI is InChI=1S/C13H16IN2O/c14-12-3-1-2-11(8-12)13(17)16-6-4-10(9-15)5-7-16/h1-3,8,10,15H,4-7,9H2. The molecule has 1 fully saturated rings. The van der Waals surface area contributed by atoms with Crippen LogP contribution in [0.4, 0.5) is 0 Å². The van der Waals surface area contributed by atoms with Gasteiger partial charge in [0.1, 0.15) is 0 Å². The monoisotopic (exact) mass is 343 g/mol. The van der Waals surface area contributed by atoms with E-state index in [4.69, 9.17) is 5.73 Å². The Labute approximate surface area is 116 Å². The van der Waals surface area contributed by atoms with Crippen molar-refractivity contribution in [2.75, 3.05) is 19.6 Å². The molecule has 0 atom stereocenters. The molecule has 1 amide bonds. The van der Waals surface area contributed by atoms with Gasteiger partial charge in [0.25, 0.3) is 5.91 Å². The minimum absolute atomic E-state index is 0.131. The van der Waals surface area contributed by atoms with Gasteiger partial charge in [0.2, 0.25) is 0 Å². The Morgan fingerprint density at radius 3 is 2.71 bits per heavy atom. The molecule has 1 aliphatic rings. The Morgan fingerprint density at radius 2 is 2.12 bits per heavy atom. The van der Waals surface area contributed by atoms with Crippen molar-refractivity contribution in [2.45, 2.75) is 12.8 Å². The highest BCUT2D eigenvalue weighted by Gasteiger charge is 2.22. The van der Waals surface area contributed by atoms with E-state index >= 15 is 0 Å². The highest BCUT2D eigenvalue weighted by Crippen LogP contribution is 2.19. The summed E-state index contributed by atoms with van der Waals surface area (Å²) >= 11 is 2.22. The quantitative estimate of drug-likeness (QED) is 0.761. The summed E-state index contributed by atoms with van der Waals surface area (Å²) in [6, 6.07) is 7.72. The van der Waals surface area contributed by atoms with E-state index in [1.54, 1.807) is 0 Å². The van der Waals surface area contributed by atoms with E-state index in [2.05, 4.69) is 22.6 Å². The van der Waals surface area contributed by atoms with Gasteiger partial charge in [0.05, 0.1) is 0 Å². The molecule has 1 N–H and O–H groups in total. The number of rotatable bonds is 2. The molecule has 17 heavy (non-hydrogen) atoms. The minimum Gasteiger partial charge on any atom is -0.339 e. The summed E-state index contributed by atoms with van der Waals surface area (Å²) in [6.45, 7) is 2.09. The molecular formula is C13H16IN2O. The van der Waals surface area contributed by atoms with Crippen LogP contribution in [0.15, 0.2) is 24.3 Å². The summed E-state index contributed by atoms with van der Waals surface area (Å²) in [7, 11) is 0. The highest BCUT2D eigenvalue weighted by atomic mass is 127. The second-order valence-corrected chi connectivity index (χ2v) is 5.70. The molecule has 91 valence electrons. The average molecular weight is 343 g/mol. The molecule has 0 aromatic heterocycles. The number of hydrogen-bond acceptors (Lipinski definition) is 1. The Bertz CT molecular complexity index is 400. The van der Waals surface area contributed by atoms with E-state index < -0.39 is 0 Å². The van der Waals surface area contributed by atoms with Crippen molar-refractivity contribution in [1.29, 1.82) is 0 Å². The topological polar surface area (TPSA) is 44.1 Å². The first-order chi connectivity index (χ1) is 8.20. The number of carbonyl (C=O) groups excluding carboxylic acids is 1. The molecule has 0 saturated carbocycles. The number of amides is 1. The van der Waals surface area contributed by atoms with E-state index in [9.17, 15) is 4.79 Å². The smallest absolute Gasteiger partial charge is 0.253 e. The third-order valence-electron chi connectivity index (χ3n) is 3.26. The molecule has 0 aliphatic carbocycles. The maximum absolute atomic E-state index is 12.2. The van der Waals surface area contributed by atoms with E-state index in [0.29, 0.717) is 12.5 Å². The predicted molar refractivity (Wildman–Crippen MR) is 75.8 cm³/mol. The predicted octanol–water partition coefficient (Wildman–Crippen LogP) is 2.43. The molecular weight excluding hydrogens is 327 g/mol. The van der Waals surface area contributed by atoms with Crippen LogP contribution < -0.4 is 5.73 Å². The molecule has 4 heteroatoms. The van der Waals surface area contributed by atoms with Crippen LogP contribution in [0, 0.1) is 9.49 Å². The Kier molecular flexibility index (Phi) is 4.39. The zero-order valence-corrected chi connectivity index (χ0v) is 11.8. The first kappa shape index (κ1) is 12.8. The number of carbonyl (C=O) groups is 1. The summed E-state index contributed by atoms with van der Waals surface area (Å²) in [6.07, 6.45) is 1.94. The van der Waals surface area contributed by atoms with Gasteiger partial charge < -0.3 is 4.90 Å². The first-order valence-corrected chi connectivity index (χ1v) is 6.98. The van der Waals surface area contributed by atoms with Crippen LogP contribution in [-0.2, 0) is 0 Å². The van der Waals surface area contributed by atoms with E-state index in [1.165, 1.54) is 0 Å². The second-order valence-electron chi connectivity index (χ2n) is 4.45. The lowest BCUT2D eigenvalue weighted by molar-refractivity contribution is 0.0693. The van der Waals surface area contributed by atoms with Crippen LogP contribution in [0.25, 0.3) is 0 Å². The number of benzene rings is 1. The maximum Gasteiger partial charge on any atom is 0.253 e. The van der Waals surface area contributed by atoms with Crippen LogP contribution in [0.3, 0.4) is 0 Å². The van der Waals surface area contributed by atoms with Gasteiger partial charge in [-0.25, -0.2) is 0 Å². The maximum atomic E-state index is 12.2. The fraction of sp³-hybridized carbons (Fsp3) is 0.462. The first-order valence-electron chi connectivity index (χ1n) is 5.90. The molecule has 1 heterocycles. The summed E-state index contributed by atoms with van der Waals surface area (Å²) in [4.78, 5) is 14.1. The molecule has 1 aromatic carbocycles. The lowest BCUT2D eigenvalue weighted by atomic mass is 9.96. The third-order valence-corrected chi connectivity index (χ3v) is 3.93. The Morgan fingerprint density at radius 1 is 1.41 bits per heavy atom. The zero-order valence-electron chi connectivity index (χ0n) is 9.66. The molecule has 0 bridgehead atoms. The van der Waals surface area contributed by atoms with Gasteiger partial charge in [-0.05, 0) is 59.5 Å². The van der Waals surface area contributed by atoms with Gasteiger partial charge in [0, 0.05) is 28.8 Å². The van der Waals surface area contributed by atoms with Crippen LogP contribution in [0.1, 0.15) is 23.2 Å². The largest absolute Gasteiger partial charge is 0.339 e. The number of hydrogen-bond donors (Lipinski definition) is 0. The molecule has 0 spiro atoms. The van der Waals surface area contributed by atoms with Crippen molar-refractivity contribution in [2.24, 2.45) is 5.92 Å². The number of nitrogens with one attached hydrogen (secondary N) is 1. The number of nitrogens with zero attached hydrogens (tertiary/aromatic N) is 1. The molecule has 1 saturated heterocycles. The van der Waals surface area contributed by atoms with Crippen molar-refractivity contribution in [3.63, 3.8) is 0 Å². The van der Waals surface area contributed by atoms with Gasteiger partial charge >= 0.3 is 0 Å². The third kappa shape index (κ3) is 3.19. The lowest BCUT2D eigenvalue weighted by Gasteiger charge is -2.31. The number of likely N-dealkylation sites (tertiary alicyclic amines) is 1. The SMILES string of the molecule is [NH]CC1CCN(C(=O)c2cccc(I)c2)CC1. The Hall–Kier alpha value is -0.620. The number of halogens is 1. The van der Waals surface area contributed by atoms with Crippen LogP contribution >= 0.6 is 22.6 Å².